The van der Waals surface area contributed by atoms with Crippen LogP contribution in [0.3, 0.4) is 0 Å². The van der Waals surface area contributed by atoms with Gasteiger partial charge in [-0.05, 0) is 177 Å². The fraction of sp³-hybridized carbons (Fsp3) is 0.229. The summed E-state index contributed by atoms with van der Waals surface area (Å²) in [5.74, 6) is 0. The van der Waals surface area contributed by atoms with E-state index in [1.807, 2.05) is 0 Å². The van der Waals surface area contributed by atoms with E-state index in [4.69, 9.17) is 0 Å². The van der Waals surface area contributed by atoms with E-state index in [0.29, 0.717) is 0 Å². The first kappa shape index (κ1) is 43.8. The van der Waals surface area contributed by atoms with Gasteiger partial charge in [-0.3, -0.25) is 0 Å². The van der Waals surface area contributed by atoms with Gasteiger partial charge in [0.2, 0.25) is 0 Å². The fourth-order valence-electron chi connectivity index (χ4n) is 13.5. The lowest BCUT2D eigenvalue weighted by Crippen LogP contribution is -2.19. The number of hydrogen-bond acceptors (Lipinski definition) is 1. The third kappa shape index (κ3) is 6.24. The molecule has 348 valence electrons. The standard InChI is InChI=1S/C70H63N/c1-66(2,3)46-26-31-55-57-33-28-48(41-65(57)70(10,11)63(55)39-46)71(47-27-32-56-52-20-14-17-23-60(52)69(8,9)64(56)40-47)49-35-44(42-24-29-53-50-18-12-15-21-58(50)67(4,5)61(53)37-42)34-45(36-49)43-25-30-54-51-19-13-16-22-59(51)68(6,7)62(54)38-43/h12-41H,1-11H3. The predicted octanol–water partition coefficient (Wildman–Crippen LogP) is 19.0. The van der Waals surface area contributed by atoms with Crippen molar-refractivity contribution in [2.75, 3.05) is 4.90 Å². The summed E-state index contributed by atoms with van der Waals surface area (Å²) in [5.41, 5.74) is 31.0. The molecule has 4 aliphatic rings. The Hall–Kier alpha value is -7.22. The zero-order valence-electron chi connectivity index (χ0n) is 43.3. The maximum Gasteiger partial charge on any atom is 0.0473 e. The molecule has 0 aliphatic heterocycles. The second-order valence-corrected chi connectivity index (χ2v) is 24.2. The summed E-state index contributed by atoms with van der Waals surface area (Å²) in [6.07, 6.45) is 0. The highest BCUT2D eigenvalue weighted by molar-refractivity contribution is 5.93. The molecule has 0 bridgehead atoms. The first-order valence-corrected chi connectivity index (χ1v) is 25.8. The number of nitrogens with zero attached hydrogens (tertiary/aromatic N) is 1. The van der Waals surface area contributed by atoms with Crippen molar-refractivity contribution in [3.63, 3.8) is 0 Å². The van der Waals surface area contributed by atoms with Crippen molar-refractivity contribution in [2.45, 2.75) is 103 Å². The minimum atomic E-state index is -0.189. The lowest BCUT2D eigenvalue weighted by atomic mass is 9.79. The molecule has 1 heteroatoms. The number of benzene rings is 9. The summed E-state index contributed by atoms with van der Waals surface area (Å²) in [4.78, 5) is 2.56. The molecule has 1 nitrogen and oxygen atoms in total. The molecule has 13 rings (SSSR count). The van der Waals surface area contributed by atoms with Gasteiger partial charge in [0.05, 0.1) is 0 Å². The molecular formula is C70H63N. The maximum absolute atomic E-state index is 2.56. The molecule has 0 amide bonds. The summed E-state index contributed by atoms with van der Waals surface area (Å²) < 4.78 is 0. The van der Waals surface area contributed by atoms with Gasteiger partial charge < -0.3 is 4.90 Å². The Kier molecular flexibility index (Phi) is 9.05. The molecule has 9 aromatic rings. The van der Waals surface area contributed by atoms with Gasteiger partial charge >= 0.3 is 0 Å². The van der Waals surface area contributed by atoms with E-state index in [-0.39, 0.29) is 27.1 Å². The van der Waals surface area contributed by atoms with Gasteiger partial charge in [0.15, 0.2) is 0 Å². The van der Waals surface area contributed by atoms with Crippen LogP contribution < -0.4 is 4.90 Å². The lowest BCUT2D eigenvalue weighted by molar-refractivity contribution is 0.584. The van der Waals surface area contributed by atoms with Crippen LogP contribution in [-0.2, 0) is 27.1 Å². The normalized spacial score (nSPS) is 16.3. The Morgan fingerprint density at radius 2 is 0.592 bits per heavy atom. The van der Waals surface area contributed by atoms with Crippen LogP contribution in [0.15, 0.2) is 182 Å². The quantitative estimate of drug-likeness (QED) is 0.166. The van der Waals surface area contributed by atoms with Crippen molar-refractivity contribution in [1.82, 2.24) is 0 Å². The predicted molar refractivity (Wildman–Crippen MR) is 301 cm³/mol. The Balaban J connectivity index is 1.05. The Labute approximate surface area is 421 Å². The van der Waals surface area contributed by atoms with Crippen molar-refractivity contribution in [1.29, 1.82) is 0 Å². The van der Waals surface area contributed by atoms with Crippen LogP contribution in [-0.4, -0.2) is 0 Å². The first-order chi connectivity index (χ1) is 33.8. The summed E-state index contributed by atoms with van der Waals surface area (Å²) in [7, 11) is 0. The van der Waals surface area contributed by atoms with Crippen LogP contribution in [0.1, 0.15) is 126 Å². The monoisotopic (exact) mass is 917 g/mol. The van der Waals surface area contributed by atoms with E-state index in [1.165, 1.54) is 117 Å². The fourth-order valence-corrected chi connectivity index (χ4v) is 13.5. The molecule has 9 aromatic carbocycles. The molecule has 0 N–H and O–H groups in total. The topological polar surface area (TPSA) is 3.24 Å². The minimum Gasteiger partial charge on any atom is -0.310 e. The summed E-state index contributed by atoms with van der Waals surface area (Å²) >= 11 is 0. The SMILES string of the molecule is CC(C)(C)c1ccc2c(c1)C(C)(C)c1cc(N(c3cc(-c4ccc5c(c4)C(C)(C)c4ccccc4-5)cc(-c4ccc5c(c4)C(C)(C)c4ccccc4-5)c3)c3ccc4c(c3)C(C)(C)c3ccccc3-4)ccc1-2. The molecular weight excluding hydrogens is 855 g/mol. The smallest absolute Gasteiger partial charge is 0.0473 e. The van der Waals surface area contributed by atoms with Crippen LogP contribution in [0.25, 0.3) is 66.8 Å². The third-order valence-electron chi connectivity index (χ3n) is 17.6. The van der Waals surface area contributed by atoms with Gasteiger partial charge in [-0.2, -0.15) is 0 Å². The van der Waals surface area contributed by atoms with Crippen LogP contribution >= 0.6 is 0 Å². The van der Waals surface area contributed by atoms with Crippen molar-refractivity contribution in [3.8, 4) is 66.8 Å². The zero-order valence-corrected chi connectivity index (χ0v) is 43.3. The van der Waals surface area contributed by atoms with Gasteiger partial charge in [0, 0.05) is 38.7 Å². The van der Waals surface area contributed by atoms with Gasteiger partial charge in [-0.1, -0.05) is 204 Å². The molecule has 0 saturated heterocycles. The molecule has 0 spiro atoms. The minimum absolute atomic E-state index is 0.0582. The summed E-state index contributed by atoms with van der Waals surface area (Å²) in [5, 5.41) is 0. The molecule has 0 radical (unpaired) electrons. The van der Waals surface area contributed by atoms with Crippen LogP contribution in [0.5, 0.6) is 0 Å². The number of hydrogen-bond donors (Lipinski definition) is 0. The van der Waals surface area contributed by atoms with Crippen molar-refractivity contribution in [2.24, 2.45) is 0 Å². The third-order valence-corrected chi connectivity index (χ3v) is 17.6. The van der Waals surface area contributed by atoms with E-state index in [9.17, 15) is 0 Å². The van der Waals surface area contributed by atoms with E-state index < -0.39 is 0 Å². The average Bonchev–Trinajstić information content (AvgIpc) is 3.93. The largest absolute Gasteiger partial charge is 0.310 e. The second-order valence-electron chi connectivity index (χ2n) is 24.2. The summed E-state index contributed by atoms with van der Waals surface area (Å²) in [6, 6.07) is 70.5. The maximum atomic E-state index is 2.56. The van der Waals surface area contributed by atoms with E-state index in [1.54, 1.807) is 0 Å². The van der Waals surface area contributed by atoms with Gasteiger partial charge in [-0.25, -0.2) is 0 Å². The highest BCUT2D eigenvalue weighted by atomic mass is 15.1. The lowest BCUT2D eigenvalue weighted by Gasteiger charge is -2.31. The van der Waals surface area contributed by atoms with Gasteiger partial charge in [0.1, 0.15) is 0 Å². The zero-order chi connectivity index (χ0) is 49.1. The second kappa shape index (κ2) is 14.7. The highest BCUT2D eigenvalue weighted by Gasteiger charge is 2.40. The number of rotatable bonds is 5. The first-order valence-electron chi connectivity index (χ1n) is 25.8. The molecule has 0 heterocycles. The Morgan fingerprint density at radius 1 is 0.268 bits per heavy atom. The summed E-state index contributed by atoms with van der Waals surface area (Å²) in [6.45, 7) is 26.2. The molecule has 0 fully saturated rings. The molecule has 0 atom stereocenters. The Morgan fingerprint density at radius 3 is 1.00 bits per heavy atom. The average molecular weight is 918 g/mol. The molecule has 4 aliphatic carbocycles. The number of fused-ring (bicyclic) bond motifs is 12. The van der Waals surface area contributed by atoms with Crippen LogP contribution in [0.2, 0.25) is 0 Å². The van der Waals surface area contributed by atoms with Crippen LogP contribution in [0, 0.1) is 0 Å². The van der Waals surface area contributed by atoms with E-state index >= 15 is 0 Å². The van der Waals surface area contributed by atoms with Crippen molar-refractivity contribution >= 4 is 17.1 Å². The van der Waals surface area contributed by atoms with E-state index in [2.05, 4.69) is 263 Å². The van der Waals surface area contributed by atoms with E-state index in [0.717, 1.165) is 17.1 Å². The molecule has 71 heavy (non-hydrogen) atoms. The van der Waals surface area contributed by atoms with Crippen molar-refractivity contribution < 1.29 is 0 Å². The van der Waals surface area contributed by atoms with Crippen molar-refractivity contribution in [3.05, 3.63) is 232 Å². The van der Waals surface area contributed by atoms with Crippen LogP contribution in [0.4, 0.5) is 17.1 Å². The molecule has 0 unspecified atom stereocenters. The highest BCUT2D eigenvalue weighted by Crippen LogP contribution is 2.56. The molecule has 0 aromatic heterocycles. The Bertz CT molecular complexity index is 3620. The van der Waals surface area contributed by atoms with Gasteiger partial charge in [-0.15, -0.1) is 0 Å². The van der Waals surface area contributed by atoms with Gasteiger partial charge in [0.25, 0.3) is 0 Å². The molecule has 0 saturated carbocycles. The number of anilines is 3.